The van der Waals surface area contributed by atoms with Gasteiger partial charge >= 0.3 is 0 Å². The molecule has 0 bridgehead atoms. The predicted octanol–water partition coefficient (Wildman–Crippen LogP) is 2.28. The Hall–Kier alpha value is -0.120. The summed E-state index contributed by atoms with van der Waals surface area (Å²) in [7, 11) is 6.59. The van der Waals surface area contributed by atoms with Crippen LogP contribution in [0.4, 0.5) is 0 Å². The lowest BCUT2D eigenvalue weighted by molar-refractivity contribution is 0.201. The van der Waals surface area contributed by atoms with E-state index in [2.05, 4.69) is 57.0 Å². The molecule has 1 saturated carbocycles. The molecule has 0 spiro atoms. The van der Waals surface area contributed by atoms with E-state index in [0.717, 1.165) is 12.5 Å². The molecule has 2 atom stereocenters. The fourth-order valence-electron chi connectivity index (χ4n) is 3.53. The van der Waals surface area contributed by atoms with Crippen LogP contribution in [0, 0.1) is 11.3 Å². The number of nitrogens with zero attached hydrogens (tertiary/aromatic N) is 2. The Bertz CT molecular complexity index is 250. The molecule has 0 amide bonds. The highest BCUT2D eigenvalue weighted by Gasteiger charge is 2.41. The van der Waals surface area contributed by atoms with Crippen LogP contribution in [-0.2, 0) is 0 Å². The van der Waals surface area contributed by atoms with Crippen LogP contribution in [0.1, 0.15) is 40.0 Å². The van der Waals surface area contributed by atoms with Crippen LogP contribution >= 0.6 is 0 Å². The van der Waals surface area contributed by atoms with E-state index in [-0.39, 0.29) is 0 Å². The van der Waals surface area contributed by atoms with Crippen LogP contribution in [0.25, 0.3) is 0 Å². The summed E-state index contributed by atoms with van der Waals surface area (Å²) in [6.45, 7) is 11.8. The minimum absolute atomic E-state index is 0.463. The van der Waals surface area contributed by atoms with Gasteiger partial charge < -0.3 is 15.1 Å². The van der Waals surface area contributed by atoms with Gasteiger partial charge in [0.1, 0.15) is 0 Å². The van der Waals surface area contributed by atoms with Crippen LogP contribution in [0.3, 0.4) is 0 Å². The third kappa shape index (κ3) is 5.41. The van der Waals surface area contributed by atoms with Gasteiger partial charge in [-0.25, -0.2) is 0 Å². The molecule has 2 unspecified atom stereocenters. The minimum atomic E-state index is 0.463. The first kappa shape index (κ1) is 16.9. The lowest BCUT2D eigenvalue weighted by atomic mass is 9.84. The van der Waals surface area contributed by atoms with E-state index in [0.29, 0.717) is 11.5 Å². The Balaban J connectivity index is 2.38. The highest BCUT2D eigenvalue weighted by molar-refractivity contribution is 4.96. The van der Waals surface area contributed by atoms with Gasteiger partial charge in [0.15, 0.2) is 0 Å². The first-order valence-electron chi connectivity index (χ1n) is 7.93. The fourth-order valence-corrected chi connectivity index (χ4v) is 3.53. The largest absolute Gasteiger partial charge is 0.313 e. The molecule has 1 aliphatic carbocycles. The van der Waals surface area contributed by atoms with Crippen LogP contribution in [0.15, 0.2) is 0 Å². The molecule has 1 fully saturated rings. The highest BCUT2D eigenvalue weighted by atomic mass is 15.1. The molecule has 3 nitrogen and oxygen atoms in total. The summed E-state index contributed by atoms with van der Waals surface area (Å²) in [6, 6.07) is 0.689. The van der Waals surface area contributed by atoms with E-state index in [1.54, 1.807) is 0 Å². The van der Waals surface area contributed by atoms with Gasteiger partial charge in [-0.15, -0.1) is 0 Å². The van der Waals surface area contributed by atoms with Crippen molar-refractivity contribution in [2.24, 2.45) is 11.3 Å². The molecule has 19 heavy (non-hydrogen) atoms. The lowest BCUT2D eigenvalue weighted by Crippen LogP contribution is -2.45. The average Bonchev–Trinajstić information content (AvgIpc) is 2.56. The summed E-state index contributed by atoms with van der Waals surface area (Å²) < 4.78 is 0. The standard InChI is InChI=1S/C16H35N3/c1-7-17-15-14(9-10-16(15,2)3)13-19(6)12-8-11-18(4)5/h14-15,17H,7-13H2,1-6H3. The summed E-state index contributed by atoms with van der Waals surface area (Å²) in [6.07, 6.45) is 4.01. The summed E-state index contributed by atoms with van der Waals surface area (Å²) in [5.74, 6) is 0.819. The summed E-state index contributed by atoms with van der Waals surface area (Å²) in [5.41, 5.74) is 0.463. The molecular formula is C16H35N3. The van der Waals surface area contributed by atoms with E-state index < -0.39 is 0 Å². The van der Waals surface area contributed by atoms with Gasteiger partial charge in [0.25, 0.3) is 0 Å². The average molecular weight is 269 g/mol. The molecule has 0 heterocycles. The first-order chi connectivity index (χ1) is 8.86. The molecule has 1 rings (SSSR count). The van der Waals surface area contributed by atoms with Crippen molar-refractivity contribution in [3.8, 4) is 0 Å². The van der Waals surface area contributed by atoms with Crippen molar-refractivity contribution in [1.29, 1.82) is 0 Å². The van der Waals surface area contributed by atoms with Crippen LogP contribution in [0.5, 0.6) is 0 Å². The molecule has 1 aliphatic rings. The zero-order valence-electron chi connectivity index (χ0n) is 14.0. The van der Waals surface area contributed by atoms with Crippen LogP contribution in [0.2, 0.25) is 0 Å². The van der Waals surface area contributed by atoms with Gasteiger partial charge in [0.2, 0.25) is 0 Å². The number of hydrogen-bond donors (Lipinski definition) is 1. The maximum Gasteiger partial charge on any atom is 0.0159 e. The molecule has 0 saturated heterocycles. The Labute approximate surface area is 120 Å². The summed E-state index contributed by atoms with van der Waals surface area (Å²) in [5, 5.41) is 3.73. The smallest absolute Gasteiger partial charge is 0.0159 e. The SMILES string of the molecule is CCNC1C(CN(C)CCCN(C)C)CCC1(C)C. The second-order valence-corrected chi connectivity index (χ2v) is 7.24. The fraction of sp³-hybridized carbons (Fsp3) is 1.00. The summed E-state index contributed by atoms with van der Waals surface area (Å²) in [4.78, 5) is 4.80. The van der Waals surface area contributed by atoms with Crippen molar-refractivity contribution in [2.75, 3.05) is 47.3 Å². The van der Waals surface area contributed by atoms with Crippen molar-refractivity contribution >= 4 is 0 Å². The molecule has 0 aromatic carbocycles. The highest BCUT2D eigenvalue weighted by Crippen LogP contribution is 2.41. The van der Waals surface area contributed by atoms with Crippen molar-refractivity contribution in [3.63, 3.8) is 0 Å². The number of rotatable bonds is 8. The quantitative estimate of drug-likeness (QED) is 0.729. The van der Waals surface area contributed by atoms with Gasteiger partial charge in [-0.05, 0) is 71.4 Å². The molecule has 0 radical (unpaired) electrons. The van der Waals surface area contributed by atoms with E-state index in [1.807, 2.05) is 0 Å². The Morgan fingerprint density at radius 1 is 1.16 bits per heavy atom. The molecule has 0 aromatic rings. The molecule has 1 N–H and O–H groups in total. The monoisotopic (exact) mass is 269 g/mol. The van der Waals surface area contributed by atoms with Crippen molar-refractivity contribution < 1.29 is 0 Å². The molecular weight excluding hydrogens is 234 g/mol. The summed E-state index contributed by atoms with van der Waals surface area (Å²) >= 11 is 0. The van der Waals surface area contributed by atoms with E-state index in [9.17, 15) is 0 Å². The molecule has 0 aliphatic heterocycles. The zero-order chi connectivity index (χ0) is 14.5. The van der Waals surface area contributed by atoms with Gasteiger partial charge in [0.05, 0.1) is 0 Å². The van der Waals surface area contributed by atoms with Crippen LogP contribution < -0.4 is 5.32 Å². The van der Waals surface area contributed by atoms with Crippen LogP contribution in [-0.4, -0.2) is 63.2 Å². The van der Waals surface area contributed by atoms with Crippen molar-refractivity contribution in [2.45, 2.75) is 46.1 Å². The molecule has 0 aromatic heterocycles. The van der Waals surface area contributed by atoms with Crippen molar-refractivity contribution in [3.05, 3.63) is 0 Å². The number of nitrogens with one attached hydrogen (secondary N) is 1. The third-order valence-electron chi connectivity index (χ3n) is 4.59. The van der Waals surface area contributed by atoms with Gasteiger partial charge in [-0.3, -0.25) is 0 Å². The van der Waals surface area contributed by atoms with E-state index in [1.165, 1.54) is 38.9 Å². The molecule has 114 valence electrons. The van der Waals surface area contributed by atoms with Gasteiger partial charge in [-0.1, -0.05) is 20.8 Å². The Morgan fingerprint density at radius 2 is 1.84 bits per heavy atom. The van der Waals surface area contributed by atoms with E-state index in [4.69, 9.17) is 0 Å². The molecule has 3 heteroatoms. The Morgan fingerprint density at radius 3 is 2.42 bits per heavy atom. The first-order valence-corrected chi connectivity index (χ1v) is 7.93. The lowest BCUT2D eigenvalue weighted by Gasteiger charge is -2.33. The predicted molar refractivity (Wildman–Crippen MR) is 84.6 cm³/mol. The van der Waals surface area contributed by atoms with Crippen molar-refractivity contribution in [1.82, 2.24) is 15.1 Å². The maximum absolute atomic E-state index is 3.73. The zero-order valence-corrected chi connectivity index (χ0v) is 14.0. The topological polar surface area (TPSA) is 18.5 Å². The normalized spacial score (nSPS) is 26.5. The second kappa shape index (κ2) is 7.61. The Kier molecular flexibility index (Phi) is 6.78. The third-order valence-corrected chi connectivity index (χ3v) is 4.59. The van der Waals surface area contributed by atoms with Gasteiger partial charge in [-0.2, -0.15) is 0 Å². The van der Waals surface area contributed by atoms with Gasteiger partial charge in [0, 0.05) is 12.6 Å². The minimum Gasteiger partial charge on any atom is -0.313 e. The number of hydrogen-bond acceptors (Lipinski definition) is 3. The maximum atomic E-state index is 3.73. The van der Waals surface area contributed by atoms with E-state index >= 15 is 0 Å². The second-order valence-electron chi connectivity index (χ2n) is 7.24.